The molecule has 88 valence electrons. The van der Waals surface area contributed by atoms with Gasteiger partial charge in [-0.25, -0.2) is 0 Å². The molecule has 1 heterocycles. The number of nitrogens with zero attached hydrogens (tertiary/aromatic N) is 1. The molecule has 0 unspecified atom stereocenters. The second-order valence-corrected chi connectivity index (χ2v) is 4.06. The minimum absolute atomic E-state index is 0.0899. The zero-order valence-electron chi connectivity index (χ0n) is 9.71. The van der Waals surface area contributed by atoms with E-state index in [-0.39, 0.29) is 18.2 Å². The molecule has 1 aromatic heterocycles. The molecule has 2 rings (SSSR count). The molecule has 1 aromatic carbocycles. The van der Waals surface area contributed by atoms with E-state index in [4.69, 9.17) is 0 Å². The Balaban J connectivity index is 2.49. The largest absolute Gasteiger partial charge is 0.394 e. The van der Waals surface area contributed by atoms with E-state index in [1.54, 1.807) is 16.8 Å². The van der Waals surface area contributed by atoms with Crippen LogP contribution in [-0.4, -0.2) is 16.3 Å². The smallest absolute Gasteiger partial charge is 0.251 e. The quantitative estimate of drug-likeness (QED) is 0.871. The van der Waals surface area contributed by atoms with E-state index in [0.29, 0.717) is 0 Å². The molecule has 2 aromatic rings. The normalized spacial score (nSPS) is 12.4. The fraction of sp³-hybridized carbons (Fsp3) is 0.214. The van der Waals surface area contributed by atoms with Crippen molar-refractivity contribution in [2.24, 2.45) is 0 Å². The van der Waals surface area contributed by atoms with E-state index in [9.17, 15) is 9.90 Å². The van der Waals surface area contributed by atoms with Crippen molar-refractivity contribution < 1.29 is 5.11 Å². The number of aliphatic hydroxyl groups is 1. The Hall–Kier alpha value is -1.87. The highest BCUT2D eigenvalue weighted by molar-refractivity contribution is 5.21. The summed E-state index contributed by atoms with van der Waals surface area (Å²) in [6.45, 7) is 1.84. The molecule has 0 fully saturated rings. The van der Waals surface area contributed by atoms with Gasteiger partial charge in [0.15, 0.2) is 0 Å². The Morgan fingerprint density at radius 1 is 1.18 bits per heavy atom. The van der Waals surface area contributed by atoms with Crippen LogP contribution in [0.25, 0.3) is 0 Å². The van der Waals surface area contributed by atoms with Gasteiger partial charge in [-0.3, -0.25) is 4.79 Å². The number of hydrogen-bond donors (Lipinski definition) is 1. The minimum atomic E-state index is -0.316. The van der Waals surface area contributed by atoms with E-state index in [1.807, 2.05) is 37.3 Å². The Morgan fingerprint density at radius 3 is 2.53 bits per heavy atom. The van der Waals surface area contributed by atoms with Crippen LogP contribution >= 0.6 is 0 Å². The molecule has 1 atom stereocenters. The first kappa shape index (κ1) is 11.6. The molecule has 1 N–H and O–H groups in total. The first-order valence-electron chi connectivity index (χ1n) is 5.57. The average molecular weight is 229 g/mol. The van der Waals surface area contributed by atoms with Gasteiger partial charge in [0.05, 0.1) is 12.6 Å². The summed E-state index contributed by atoms with van der Waals surface area (Å²) in [5.41, 5.74) is 1.83. The van der Waals surface area contributed by atoms with Crippen molar-refractivity contribution in [1.82, 2.24) is 4.57 Å². The number of pyridine rings is 1. The summed E-state index contributed by atoms with van der Waals surface area (Å²) in [5, 5.41) is 9.49. The molecule has 0 radical (unpaired) electrons. The second kappa shape index (κ2) is 4.97. The molecular formula is C14H15NO2. The molecule has 0 amide bonds. The SMILES string of the molecule is Cc1ccc(=O)n([C@@H](CO)c2ccccc2)c1. The third-order valence-electron chi connectivity index (χ3n) is 2.78. The Kier molecular flexibility index (Phi) is 3.40. The molecule has 3 heteroatoms. The summed E-state index contributed by atoms with van der Waals surface area (Å²) in [6, 6.07) is 12.5. The van der Waals surface area contributed by atoms with Gasteiger partial charge in [-0.05, 0) is 18.1 Å². The molecule has 0 aliphatic carbocycles. The van der Waals surface area contributed by atoms with Crippen LogP contribution in [0.15, 0.2) is 53.5 Å². The summed E-state index contributed by atoms with van der Waals surface area (Å²) in [4.78, 5) is 11.8. The average Bonchev–Trinajstić information content (AvgIpc) is 2.36. The molecule has 0 aliphatic heterocycles. The molecular weight excluding hydrogens is 214 g/mol. The van der Waals surface area contributed by atoms with E-state index < -0.39 is 0 Å². The van der Waals surface area contributed by atoms with Gasteiger partial charge in [0, 0.05) is 12.3 Å². The Bertz CT molecular complexity index is 546. The number of aliphatic hydroxyl groups excluding tert-OH is 1. The maximum Gasteiger partial charge on any atom is 0.251 e. The van der Waals surface area contributed by atoms with Gasteiger partial charge in [0.1, 0.15) is 0 Å². The number of aromatic nitrogens is 1. The predicted octanol–water partition coefficient (Wildman–Crippen LogP) is 1.74. The monoisotopic (exact) mass is 229 g/mol. The molecule has 3 nitrogen and oxygen atoms in total. The van der Waals surface area contributed by atoms with E-state index in [1.165, 1.54) is 6.07 Å². The topological polar surface area (TPSA) is 42.2 Å². The third-order valence-corrected chi connectivity index (χ3v) is 2.78. The van der Waals surface area contributed by atoms with E-state index in [0.717, 1.165) is 11.1 Å². The second-order valence-electron chi connectivity index (χ2n) is 4.06. The van der Waals surface area contributed by atoms with Crippen molar-refractivity contribution in [1.29, 1.82) is 0 Å². The van der Waals surface area contributed by atoms with Crippen molar-refractivity contribution in [2.75, 3.05) is 6.61 Å². The summed E-state index contributed by atoms with van der Waals surface area (Å²) < 4.78 is 1.57. The van der Waals surface area contributed by atoms with Crippen LogP contribution in [0.4, 0.5) is 0 Å². The number of rotatable bonds is 3. The van der Waals surface area contributed by atoms with Gasteiger partial charge in [-0.1, -0.05) is 36.4 Å². The Labute approximate surface area is 100.0 Å². The maximum absolute atomic E-state index is 11.8. The van der Waals surface area contributed by atoms with Crippen molar-refractivity contribution in [3.63, 3.8) is 0 Å². The first-order chi connectivity index (χ1) is 8.22. The first-order valence-corrected chi connectivity index (χ1v) is 5.57. The molecule has 0 aliphatic rings. The summed E-state index contributed by atoms with van der Waals surface area (Å²) in [7, 11) is 0. The fourth-order valence-electron chi connectivity index (χ4n) is 1.89. The van der Waals surface area contributed by atoms with Crippen LogP contribution < -0.4 is 5.56 Å². The molecule has 0 spiro atoms. The van der Waals surface area contributed by atoms with E-state index >= 15 is 0 Å². The van der Waals surface area contributed by atoms with Gasteiger partial charge < -0.3 is 9.67 Å². The van der Waals surface area contributed by atoms with Crippen LogP contribution in [-0.2, 0) is 0 Å². The summed E-state index contributed by atoms with van der Waals surface area (Å²) in [5.74, 6) is 0. The highest BCUT2D eigenvalue weighted by Crippen LogP contribution is 2.15. The van der Waals surface area contributed by atoms with Crippen molar-refractivity contribution in [2.45, 2.75) is 13.0 Å². The lowest BCUT2D eigenvalue weighted by Gasteiger charge is -2.18. The van der Waals surface area contributed by atoms with Gasteiger partial charge in [0.25, 0.3) is 5.56 Å². The van der Waals surface area contributed by atoms with E-state index in [2.05, 4.69) is 0 Å². The zero-order chi connectivity index (χ0) is 12.3. The van der Waals surface area contributed by atoms with Gasteiger partial charge in [-0.2, -0.15) is 0 Å². The molecule has 17 heavy (non-hydrogen) atoms. The predicted molar refractivity (Wildman–Crippen MR) is 67.1 cm³/mol. The lowest BCUT2D eigenvalue weighted by Crippen LogP contribution is -2.26. The highest BCUT2D eigenvalue weighted by atomic mass is 16.3. The summed E-state index contributed by atoms with van der Waals surface area (Å²) >= 11 is 0. The summed E-state index contributed by atoms with van der Waals surface area (Å²) in [6.07, 6.45) is 1.77. The van der Waals surface area contributed by atoms with Crippen LogP contribution in [0.1, 0.15) is 17.2 Å². The molecule has 0 saturated carbocycles. The number of benzene rings is 1. The maximum atomic E-state index is 11.8. The van der Waals surface area contributed by atoms with Gasteiger partial charge >= 0.3 is 0 Å². The van der Waals surface area contributed by atoms with Crippen molar-refractivity contribution in [3.05, 3.63) is 70.1 Å². The highest BCUT2D eigenvalue weighted by Gasteiger charge is 2.13. The molecule has 0 bridgehead atoms. The van der Waals surface area contributed by atoms with Gasteiger partial charge in [0.2, 0.25) is 0 Å². The van der Waals surface area contributed by atoms with Gasteiger partial charge in [-0.15, -0.1) is 0 Å². The van der Waals surface area contributed by atoms with Crippen LogP contribution in [0.5, 0.6) is 0 Å². The third kappa shape index (κ3) is 2.45. The number of hydrogen-bond acceptors (Lipinski definition) is 2. The zero-order valence-corrected chi connectivity index (χ0v) is 9.71. The Morgan fingerprint density at radius 2 is 1.88 bits per heavy atom. The fourth-order valence-corrected chi connectivity index (χ4v) is 1.89. The lowest BCUT2D eigenvalue weighted by atomic mass is 10.1. The van der Waals surface area contributed by atoms with Crippen LogP contribution in [0.3, 0.4) is 0 Å². The lowest BCUT2D eigenvalue weighted by molar-refractivity contribution is 0.247. The molecule has 0 saturated heterocycles. The standard InChI is InChI=1S/C14H15NO2/c1-11-7-8-14(17)15(9-11)13(10-16)12-5-3-2-4-6-12/h2-9,13,16H,10H2,1H3/t13-/m0/s1. The van der Waals surface area contributed by atoms with Crippen LogP contribution in [0.2, 0.25) is 0 Å². The van der Waals surface area contributed by atoms with Crippen LogP contribution in [0, 0.1) is 6.92 Å². The number of aryl methyl sites for hydroxylation is 1. The van der Waals surface area contributed by atoms with Crippen molar-refractivity contribution >= 4 is 0 Å². The minimum Gasteiger partial charge on any atom is -0.394 e. The van der Waals surface area contributed by atoms with Crippen molar-refractivity contribution in [3.8, 4) is 0 Å².